The molecule has 2 aliphatic rings. The van der Waals surface area contributed by atoms with Crippen LogP contribution < -0.4 is 5.32 Å². The Balaban J connectivity index is 1.50. The second kappa shape index (κ2) is 8.65. The minimum Gasteiger partial charge on any atom is -0.351 e. The van der Waals surface area contributed by atoms with Gasteiger partial charge in [0.25, 0.3) is 5.91 Å². The Hall–Kier alpha value is -3.15. The molecule has 3 aromatic rings. The summed E-state index contributed by atoms with van der Waals surface area (Å²) in [5.74, 6) is 0.627. The third kappa shape index (κ3) is 3.92. The summed E-state index contributed by atoms with van der Waals surface area (Å²) in [6.07, 6.45) is 5.18. The number of nitrogens with zero attached hydrogens (tertiary/aromatic N) is 3. The van der Waals surface area contributed by atoms with E-state index in [1.54, 1.807) is 4.90 Å². The smallest absolute Gasteiger partial charge is 0.290 e. The van der Waals surface area contributed by atoms with Gasteiger partial charge >= 0.3 is 0 Å². The SMILES string of the molecule is C[C@@H]1CCCC[C@H]1NC(=O)[C@]1(C)Cn2c(nc3ccccc32)C(=O)N1CCc1ccccc1. The van der Waals surface area contributed by atoms with E-state index in [0.717, 1.165) is 35.9 Å². The summed E-state index contributed by atoms with van der Waals surface area (Å²) in [6.45, 7) is 5.00. The van der Waals surface area contributed by atoms with Crippen LogP contribution in [0.2, 0.25) is 0 Å². The van der Waals surface area contributed by atoms with Crippen molar-refractivity contribution in [2.45, 2.75) is 64.1 Å². The van der Waals surface area contributed by atoms with Crippen molar-refractivity contribution in [1.29, 1.82) is 0 Å². The fraction of sp³-hybridized carbons (Fsp3) is 0.444. The number of imidazole rings is 1. The van der Waals surface area contributed by atoms with E-state index in [1.165, 1.54) is 6.42 Å². The van der Waals surface area contributed by atoms with Gasteiger partial charge in [-0.1, -0.05) is 62.2 Å². The Kier molecular flexibility index (Phi) is 5.69. The van der Waals surface area contributed by atoms with Crippen molar-refractivity contribution in [3.8, 4) is 0 Å². The van der Waals surface area contributed by atoms with Crippen LogP contribution in [0.4, 0.5) is 0 Å². The Morgan fingerprint density at radius 3 is 2.61 bits per heavy atom. The summed E-state index contributed by atoms with van der Waals surface area (Å²) in [5, 5.41) is 3.33. The van der Waals surface area contributed by atoms with Gasteiger partial charge in [-0.25, -0.2) is 4.98 Å². The van der Waals surface area contributed by atoms with Gasteiger partial charge in [-0.05, 0) is 49.8 Å². The van der Waals surface area contributed by atoms with Crippen LogP contribution in [0, 0.1) is 5.92 Å². The molecule has 1 fully saturated rings. The van der Waals surface area contributed by atoms with Gasteiger partial charge in [-0.15, -0.1) is 0 Å². The van der Waals surface area contributed by atoms with Crippen LogP contribution in [0.25, 0.3) is 11.0 Å². The molecule has 1 saturated carbocycles. The zero-order valence-electron chi connectivity index (χ0n) is 19.5. The predicted octanol–water partition coefficient (Wildman–Crippen LogP) is 4.19. The number of hydrogen-bond donors (Lipinski definition) is 1. The predicted molar refractivity (Wildman–Crippen MR) is 129 cm³/mol. The van der Waals surface area contributed by atoms with Crippen molar-refractivity contribution in [1.82, 2.24) is 19.8 Å². The van der Waals surface area contributed by atoms with Gasteiger partial charge in [-0.3, -0.25) is 9.59 Å². The van der Waals surface area contributed by atoms with E-state index in [-0.39, 0.29) is 17.9 Å². The largest absolute Gasteiger partial charge is 0.351 e. The molecule has 6 heteroatoms. The first-order valence-electron chi connectivity index (χ1n) is 12.1. The molecule has 33 heavy (non-hydrogen) atoms. The monoisotopic (exact) mass is 444 g/mol. The third-order valence-corrected chi connectivity index (χ3v) is 7.54. The first kappa shape index (κ1) is 21.7. The Labute approximate surface area is 195 Å². The normalized spacial score (nSPS) is 25.2. The van der Waals surface area contributed by atoms with Crippen LogP contribution in [0.15, 0.2) is 54.6 Å². The van der Waals surface area contributed by atoms with Crippen molar-refractivity contribution < 1.29 is 9.59 Å². The zero-order valence-corrected chi connectivity index (χ0v) is 19.5. The summed E-state index contributed by atoms with van der Waals surface area (Å²) in [5.41, 5.74) is 1.84. The molecule has 0 spiro atoms. The molecule has 5 rings (SSSR count). The molecule has 1 aromatic heterocycles. The van der Waals surface area contributed by atoms with Gasteiger partial charge < -0.3 is 14.8 Å². The van der Waals surface area contributed by atoms with E-state index in [9.17, 15) is 9.59 Å². The topological polar surface area (TPSA) is 67.2 Å². The molecule has 1 aliphatic carbocycles. The van der Waals surface area contributed by atoms with E-state index in [1.807, 2.05) is 54.0 Å². The molecule has 6 nitrogen and oxygen atoms in total. The second-order valence-electron chi connectivity index (χ2n) is 9.82. The van der Waals surface area contributed by atoms with Gasteiger partial charge in [-0.2, -0.15) is 0 Å². The number of amides is 2. The van der Waals surface area contributed by atoms with E-state index in [4.69, 9.17) is 0 Å². The van der Waals surface area contributed by atoms with E-state index >= 15 is 0 Å². The van der Waals surface area contributed by atoms with Crippen molar-refractivity contribution in [3.63, 3.8) is 0 Å². The van der Waals surface area contributed by atoms with E-state index in [2.05, 4.69) is 29.4 Å². The fourth-order valence-electron chi connectivity index (χ4n) is 5.42. The highest BCUT2D eigenvalue weighted by molar-refractivity contribution is 6.01. The molecule has 0 saturated heterocycles. The van der Waals surface area contributed by atoms with Crippen LogP contribution in [0.1, 0.15) is 55.7 Å². The molecule has 2 aromatic carbocycles. The Bertz CT molecular complexity index is 1170. The molecular formula is C27H32N4O2. The quantitative estimate of drug-likeness (QED) is 0.642. The highest BCUT2D eigenvalue weighted by atomic mass is 16.2. The summed E-state index contributed by atoms with van der Waals surface area (Å²) in [7, 11) is 0. The van der Waals surface area contributed by atoms with Crippen LogP contribution in [-0.2, 0) is 17.8 Å². The Morgan fingerprint density at radius 2 is 1.82 bits per heavy atom. The molecule has 1 N–H and O–H groups in total. The maximum Gasteiger partial charge on any atom is 0.290 e. The summed E-state index contributed by atoms with van der Waals surface area (Å²) in [4.78, 5) is 34.0. The average molecular weight is 445 g/mol. The summed E-state index contributed by atoms with van der Waals surface area (Å²) < 4.78 is 1.93. The number of benzene rings is 2. The first-order chi connectivity index (χ1) is 16.0. The van der Waals surface area contributed by atoms with Gasteiger partial charge in [0.1, 0.15) is 5.54 Å². The van der Waals surface area contributed by atoms with E-state index < -0.39 is 5.54 Å². The van der Waals surface area contributed by atoms with Crippen molar-refractivity contribution >= 4 is 22.8 Å². The lowest BCUT2D eigenvalue weighted by Gasteiger charge is -2.44. The lowest BCUT2D eigenvalue weighted by molar-refractivity contribution is -0.134. The van der Waals surface area contributed by atoms with Crippen molar-refractivity contribution in [2.24, 2.45) is 5.92 Å². The lowest BCUT2D eigenvalue weighted by Crippen LogP contribution is -2.65. The molecular weight excluding hydrogens is 412 g/mol. The number of para-hydroxylation sites is 2. The molecule has 2 heterocycles. The molecule has 0 unspecified atom stereocenters. The maximum absolute atomic E-state index is 13.8. The highest BCUT2D eigenvalue weighted by Crippen LogP contribution is 2.32. The number of nitrogens with one attached hydrogen (secondary N) is 1. The fourth-order valence-corrected chi connectivity index (χ4v) is 5.42. The zero-order chi connectivity index (χ0) is 23.0. The lowest BCUT2D eigenvalue weighted by atomic mass is 9.85. The minimum atomic E-state index is -0.987. The molecule has 0 radical (unpaired) electrons. The van der Waals surface area contributed by atoms with Crippen LogP contribution >= 0.6 is 0 Å². The minimum absolute atomic E-state index is 0.0638. The molecule has 3 atom stereocenters. The maximum atomic E-state index is 13.8. The molecule has 2 amide bonds. The summed E-state index contributed by atoms with van der Waals surface area (Å²) in [6, 6.07) is 18.0. The third-order valence-electron chi connectivity index (χ3n) is 7.54. The van der Waals surface area contributed by atoms with E-state index in [0.29, 0.717) is 31.3 Å². The Morgan fingerprint density at radius 1 is 1.09 bits per heavy atom. The first-order valence-corrected chi connectivity index (χ1v) is 12.1. The summed E-state index contributed by atoms with van der Waals surface area (Å²) >= 11 is 0. The van der Waals surface area contributed by atoms with Gasteiger partial charge in [0.15, 0.2) is 5.82 Å². The van der Waals surface area contributed by atoms with Crippen LogP contribution in [-0.4, -0.2) is 44.4 Å². The number of fused-ring (bicyclic) bond motifs is 3. The van der Waals surface area contributed by atoms with Gasteiger partial charge in [0, 0.05) is 12.6 Å². The number of carbonyl (C=O) groups is 2. The van der Waals surface area contributed by atoms with Crippen LogP contribution in [0.3, 0.4) is 0 Å². The van der Waals surface area contributed by atoms with Gasteiger partial charge in [0.2, 0.25) is 5.91 Å². The number of rotatable bonds is 5. The average Bonchev–Trinajstić information content (AvgIpc) is 3.19. The molecule has 1 aliphatic heterocycles. The standard InChI is InChI=1S/C27H32N4O2/c1-19-10-6-7-13-21(19)29-26(33)27(2)18-30-23-15-9-8-14-22(23)28-24(30)25(32)31(27)17-16-20-11-4-3-5-12-20/h3-5,8-9,11-12,14-15,19,21H,6-7,10,13,16-18H2,1-2H3,(H,29,33)/t19-,21-,27+/m1/s1. The van der Waals surface area contributed by atoms with Crippen LogP contribution in [0.5, 0.6) is 0 Å². The molecule has 172 valence electrons. The number of carbonyl (C=O) groups excluding carboxylic acids is 2. The van der Waals surface area contributed by atoms with Crippen molar-refractivity contribution in [3.05, 3.63) is 66.0 Å². The number of aromatic nitrogens is 2. The number of hydrogen-bond acceptors (Lipinski definition) is 3. The molecule has 0 bridgehead atoms. The van der Waals surface area contributed by atoms with Crippen molar-refractivity contribution in [2.75, 3.05) is 6.54 Å². The van der Waals surface area contributed by atoms with Gasteiger partial charge in [0.05, 0.1) is 17.6 Å². The second-order valence-corrected chi connectivity index (χ2v) is 9.82. The highest BCUT2D eigenvalue weighted by Gasteiger charge is 2.48.